The van der Waals surface area contributed by atoms with E-state index in [0.717, 1.165) is 5.56 Å². The fourth-order valence-corrected chi connectivity index (χ4v) is 0.800. The van der Waals surface area contributed by atoms with Gasteiger partial charge in [0.2, 0.25) is 0 Å². The molecule has 0 radical (unpaired) electrons. The Kier molecular flexibility index (Phi) is 5.25. The SMILES string of the molecule is Cl.NCC(=O)Cc1ccncc1. The molecule has 1 aromatic heterocycles. The Hall–Kier alpha value is -0.930. The van der Waals surface area contributed by atoms with Crippen LogP contribution in [0.25, 0.3) is 0 Å². The Balaban J connectivity index is 0.00000121. The molecule has 4 heteroatoms. The molecule has 0 unspecified atom stereocenters. The summed E-state index contributed by atoms with van der Waals surface area (Å²) in [5.74, 6) is 0.0520. The lowest BCUT2D eigenvalue weighted by Crippen LogP contribution is -2.15. The van der Waals surface area contributed by atoms with Gasteiger partial charge in [0.15, 0.2) is 5.78 Å². The minimum Gasteiger partial charge on any atom is -0.324 e. The summed E-state index contributed by atoms with van der Waals surface area (Å²) >= 11 is 0. The topological polar surface area (TPSA) is 56.0 Å². The highest BCUT2D eigenvalue weighted by Crippen LogP contribution is 1.96. The fraction of sp³-hybridized carbons (Fsp3) is 0.250. The lowest BCUT2D eigenvalue weighted by atomic mass is 10.1. The van der Waals surface area contributed by atoms with E-state index < -0.39 is 0 Å². The van der Waals surface area contributed by atoms with Crippen LogP contribution in [-0.2, 0) is 11.2 Å². The van der Waals surface area contributed by atoms with E-state index in [9.17, 15) is 4.79 Å². The number of halogens is 1. The molecular formula is C8H11ClN2O. The number of nitrogens with zero attached hydrogens (tertiary/aromatic N) is 1. The molecule has 1 aromatic rings. The van der Waals surface area contributed by atoms with Crippen LogP contribution in [0, 0.1) is 0 Å². The number of pyridine rings is 1. The lowest BCUT2D eigenvalue weighted by Gasteiger charge is -1.95. The molecule has 12 heavy (non-hydrogen) atoms. The highest BCUT2D eigenvalue weighted by atomic mass is 35.5. The average molecular weight is 187 g/mol. The van der Waals surface area contributed by atoms with Crippen molar-refractivity contribution in [1.82, 2.24) is 4.98 Å². The Morgan fingerprint density at radius 3 is 2.50 bits per heavy atom. The van der Waals surface area contributed by atoms with Crippen molar-refractivity contribution in [2.45, 2.75) is 6.42 Å². The van der Waals surface area contributed by atoms with E-state index in [-0.39, 0.29) is 24.7 Å². The van der Waals surface area contributed by atoms with Gasteiger partial charge in [-0.15, -0.1) is 12.4 Å². The van der Waals surface area contributed by atoms with E-state index in [1.165, 1.54) is 0 Å². The van der Waals surface area contributed by atoms with E-state index in [1.807, 2.05) is 12.1 Å². The maximum absolute atomic E-state index is 10.8. The lowest BCUT2D eigenvalue weighted by molar-refractivity contribution is -0.117. The second-order valence-corrected chi connectivity index (χ2v) is 2.28. The molecule has 0 aliphatic rings. The third-order valence-electron chi connectivity index (χ3n) is 1.38. The zero-order valence-corrected chi connectivity index (χ0v) is 7.38. The van der Waals surface area contributed by atoms with Crippen molar-refractivity contribution < 1.29 is 4.79 Å². The van der Waals surface area contributed by atoms with Crippen molar-refractivity contribution in [3.05, 3.63) is 30.1 Å². The van der Waals surface area contributed by atoms with Crippen LogP contribution in [0.15, 0.2) is 24.5 Å². The maximum Gasteiger partial charge on any atom is 0.150 e. The molecule has 1 heterocycles. The zero-order chi connectivity index (χ0) is 8.10. The number of ketones is 1. The number of hydrogen-bond donors (Lipinski definition) is 1. The number of hydrogen-bond acceptors (Lipinski definition) is 3. The summed E-state index contributed by atoms with van der Waals surface area (Å²) in [4.78, 5) is 14.7. The molecule has 3 nitrogen and oxygen atoms in total. The molecule has 0 saturated heterocycles. The van der Waals surface area contributed by atoms with Crippen LogP contribution in [-0.4, -0.2) is 17.3 Å². The van der Waals surface area contributed by atoms with Crippen molar-refractivity contribution in [2.24, 2.45) is 5.73 Å². The van der Waals surface area contributed by atoms with Gasteiger partial charge in [-0.2, -0.15) is 0 Å². The maximum atomic E-state index is 10.8. The van der Waals surface area contributed by atoms with Gasteiger partial charge in [-0.3, -0.25) is 9.78 Å². The number of nitrogens with two attached hydrogens (primary N) is 1. The summed E-state index contributed by atoms with van der Waals surface area (Å²) in [6, 6.07) is 3.63. The normalized spacial score (nSPS) is 8.75. The smallest absolute Gasteiger partial charge is 0.150 e. The van der Waals surface area contributed by atoms with Gasteiger partial charge < -0.3 is 5.73 Å². The molecule has 0 aliphatic heterocycles. The summed E-state index contributed by atoms with van der Waals surface area (Å²) in [5, 5.41) is 0. The van der Waals surface area contributed by atoms with Crippen LogP contribution in [0.1, 0.15) is 5.56 Å². The van der Waals surface area contributed by atoms with Crippen molar-refractivity contribution in [3.8, 4) is 0 Å². The minimum atomic E-state index is 0. The highest BCUT2D eigenvalue weighted by Gasteiger charge is 1.98. The van der Waals surface area contributed by atoms with Crippen molar-refractivity contribution >= 4 is 18.2 Å². The van der Waals surface area contributed by atoms with Crippen LogP contribution in [0.3, 0.4) is 0 Å². The molecule has 0 aliphatic carbocycles. The number of rotatable bonds is 3. The minimum absolute atomic E-state index is 0. The summed E-state index contributed by atoms with van der Waals surface area (Å²) in [5.41, 5.74) is 6.12. The van der Waals surface area contributed by atoms with Gasteiger partial charge in [-0.25, -0.2) is 0 Å². The molecule has 2 N–H and O–H groups in total. The van der Waals surface area contributed by atoms with Gasteiger partial charge in [0.1, 0.15) is 0 Å². The summed E-state index contributed by atoms with van der Waals surface area (Å²) < 4.78 is 0. The van der Waals surface area contributed by atoms with Crippen LogP contribution in [0.2, 0.25) is 0 Å². The second-order valence-electron chi connectivity index (χ2n) is 2.28. The van der Waals surface area contributed by atoms with Crippen molar-refractivity contribution in [1.29, 1.82) is 0 Å². The number of Topliss-reactive ketones (excluding diaryl/α,β-unsaturated/α-hetero) is 1. The number of aromatic nitrogens is 1. The monoisotopic (exact) mass is 186 g/mol. The van der Waals surface area contributed by atoms with Gasteiger partial charge in [0, 0.05) is 18.8 Å². The van der Waals surface area contributed by atoms with E-state index in [1.54, 1.807) is 12.4 Å². The fourth-order valence-electron chi connectivity index (χ4n) is 0.800. The van der Waals surface area contributed by atoms with E-state index in [4.69, 9.17) is 5.73 Å². The molecule has 0 aromatic carbocycles. The number of carbonyl (C=O) groups is 1. The molecule has 0 atom stereocenters. The van der Waals surface area contributed by atoms with Crippen LogP contribution < -0.4 is 5.73 Å². The Bertz CT molecular complexity index is 238. The summed E-state index contributed by atoms with van der Waals surface area (Å²) in [7, 11) is 0. The molecule has 66 valence electrons. The van der Waals surface area contributed by atoms with Crippen molar-refractivity contribution in [2.75, 3.05) is 6.54 Å². The molecule has 0 saturated carbocycles. The Morgan fingerprint density at radius 2 is 2.00 bits per heavy atom. The predicted molar refractivity (Wildman–Crippen MR) is 49.3 cm³/mol. The molecule has 0 amide bonds. The van der Waals surface area contributed by atoms with Gasteiger partial charge in [0.25, 0.3) is 0 Å². The molecule has 0 bridgehead atoms. The molecule has 0 fully saturated rings. The van der Waals surface area contributed by atoms with Crippen LogP contribution >= 0.6 is 12.4 Å². The first-order chi connectivity index (χ1) is 5.33. The van der Waals surface area contributed by atoms with Crippen LogP contribution in [0.5, 0.6) is 0 Å². The van der Waals surface area contributed by atoms with E-state index >= 15 is 0 Å². The van der Waals surface area contributed by atoms with E-state index in [0.29, 0.717) is 6.42 Å². The number of carbonyl (C=O) groups excluding carboxylic acids is 1. The quantitative estimate of drug-likeness (QED) is 0.751. The third-order valence-corrected chi connectivity index (χ3v) is 1.38. The summed E-state index contributed by atoms with van der Waals surface area (Å²) in [6.45, 7) is 0.113. The molecular weight excluding hydrogens is 176 g/mol. The average Bonchev–Trinajstić information content (AvgIpc) is 2.06. The first kappa shape index (κ1) is 11.1. The van der Waals surface area contributed by atoms with Gasteiger partial charge in [-0.1, -0.05) is 0 Å². The van der Waals surface area contributed by atoms with Gasteiger partial charge >= 0.3 is 0 Å². The van der Waals surface area contributed by atoms with Gasteiger partial charge in [0.05, 0.1) is 6.54 Å². The van der Waals surface area contributed by atoms with Crippen molar-refractivity contribution in [3.63, 3.8) is 0 Å². The van der Waals surface area contributed by atoms with E-state index in [2.05, 4.69) is 4.98 Å². The Morgan fingerprint density at radius 1 is 1.42 bits per heavy atom. The molecule has 1 rings (SSSR count). The van der Waals surface area contributed by atoms with Crippen LogP contribution in [0.4, 0.5) is 0 Å². The molecule has 0 spiro atoms. The predicted octanol–water partition coefficient (Wildman–Crippen LogP) is 0.574. The largest absolute Gasteiger partial charge is 0.324 e. The highest BCUT2D eigenvalue weighted by molar-refractivity contribution is 5.85. The van der Waals surface area contributed by atoms with Gasteiger partial charge in [-0.05, 0) is 17.7 Å². The second kappa shape index (κ2) is 5.69. The first-order valence-corrected chi connectivity index (χ1v) is 3.43. The Labute approximate surface area is 77.4 Å². The zero-order valence-electron chi connectivity index (χ0n) is 6.56. The summed E-state index contributed by atoms with van der Waals surface area (Å²) in [6.07, 6.45) is 3.75. The standard InChI is InChI=1S/C8H10N2O.ClH/c9-6-8(11)5-7-1-3-10-4-2-7;/h1-4H,5-6,9H2;1H. The first-order valence-electron chi connectivity index (χ1n) is 3.43. The third kappa shape index (κ3) is 3.46.